The first-order valence-electron chi connectivity index (χ1n) is 18.7. The zero-order valence-electron chi connectivity index (χ0n) is 29.9. The summed E-state index contributed by atoms with van der Waals surface area (Å²) in [7, 11) is -2.89. The number of aromatic nitrogens is 2. The molecule has 0 N–H and O–H groups in total. The number of nitrogens with zero attached hydrogens (tertiary/aromatic N) is 2. The Labute approximate surface area is 324 Å². The standard InChI is InChI=1S/C50H34N2OSSi/c1-3-16-38(17-4-1)55(39-18-5-2-6-19-39,41-21-12-15-36(31-41)42-23-13-27-48-49(42)43-22-7-10-26-47(43)53-48)40-20-11-14-34(30-40)35-28-29-37-33-54-50-51-44-24-8-9-25-45(44)52(50)46(37)32-35/h1-32H,33H2. The molecule has 0 aliphatic carbocycles. The Hall–Kier alpha value is -6.40. The highest BCUT2D eigenvalue weighted by atomic mass is 32.2. The van der Waals surface area contributed by atoms with Crippen molar-refractivity contribution < 1.29 is 4.42 Å². The van der Waals surface area contributed by atoms with Gasteiger partial charge in [-0.05, 0) is 78.9 Å². The predicted molar refractivity (Wildman–Crippen MR) is 232 cm³/mol. The van der Waals surface area contributed by atoms with Gasteiger partial charge >= 0.3 is 0 Å². The molecule has 0 fully saturated rings. The number of imidazole rings is 1. The highest BCUT2D eigenvalue weighted by Crippen LogP contribution is 2.39. The molecule has 0 atom stereocenters. The first kappa shape index (κ1) is 32.1. The third-order valence-electron chi connectivity index (χ3n) is 11.3. The van der Waals surface area contributed by atoms with Gasteiger partial charge in [-0.1, -0.05) is 176 Å². The molecule has 0 bridgehead atoms. The molecule has 3 nitrogen and oxygen atoms in total. The highest BCUT2D eigenvalue weighted by Gasteiger charge is 2.41. The van der Waals surface area contributed by atoms with E-state index in [1.165, 1.54) is 54.3 Å². The molecule has 2 aromatic heterocycles. The Bertz CT molecular complexity index is 3020. The quantitative estimate of drug-likeness (QED) is 0.126. The van der Waals surface area contributed by atoms with Crippen LogP contribution in [0.25, 0.3) is 60.9 Å². The molecular formula is C50H34N2OSSi. The number of hydrogen-bond donors (Lipinski definition) is 0. The second-order valence-electron chi connectivity index (χ2n) is 14.3. The Morgan fingerprint density at radius 2 is 1.13 bits per heavy atom. The minimum atomic E-state index is -2.89. The zero-order valence-corrected chi connectivity index (χ0v) is 31.7. The maximum Gasteiger partial charge on any atom is 0.179 e. The average molecular weight is 739 g/mol. The molecule has 1 aliphatic rings. The lowest BCUT2D eigenvalue weighted by molar-refractivity contribution is 0.669. The number of furan rings is 1. The van der Waals surface area contributed by atoms with Crippen molar-refractivity contribution in [3.05, 3.63) is 200 Å². The van der Waals surface area contributed by atoms with Gasteiger partial charge in [-0.2, -0.15) is 0 Å². The lowest BCUT2D eigenvalue weighted by atomic mass is 9.99. The van der Waals surface area contributed by atoms with Crippen LogP contribution < -0.4 is 20.7 Å². The number of hydrogen-bond acceptors (Lipinski definition) is 3. The summed E-state index contributed by atoms with van der Waals surface area (Å²) >= 11 is 1.81. The minimum absolute atomic E-state index is 0.908. The zero-order chi connectivity index (χ0) is 36.3. The SMILES string of the molecule is c1ccc([Si](c2ccccc2)(c2cccc(-c3ccc4c(c3)-n3c(nc5ccccc53)SC4)c2)c2cccc(-c3cccc4oc5ccccc5c34)c2)cc1. The second kappa shape index (κ2) is 12.9. The van der Waals surface area contributed by atoms with E-state index in [0.717, 1.165) is 43.9 Å². The fraction of sp³-hybridized carbons (Fsp3) is 0.0200. The Kier molecular flexibility index (Phi) is 7.51. The van der Waals surface area contributed by atoms with Gasteiger partial charge in [0.25, 0.3) is 0 Å². The molecule has 0 unspecified atom stereocenters. The maximum atomic E-state index is 6.35. The number of benzene rings is 8. The van der Waals surface area contributed by atoms with Crippen LogP contribution in [-0.4, -0.2) is 17.6 Å². The fourth-order valence-corrected chi connectivity index (χ4v) is 14.6. The molecule has 8 aromatic carbocycles. The van der Waals surface area contributed by atoms with Crippen LogP contribution in [0.2, 0.25) is 0 Å². The monoisotopic (exact) mass is 738 g/mol. The van der Waals surface area contributed by atoms with E-state index in [-0.39, 0.29) is 0 Å². The lowest BCUT2D eigenvalue weighted by Crippen LogP contribution is -2.74. The van der Waals surface area contributed by atoms with Crippen LogP contribution in [-0.2, 0) is 5.75 Å². The van der Waals surface area contributed by atoms with E-state index in [1.54, 1.807) is 0 Å². The number of thioether (sulfide) groups is 1. The van der Waals surface area contributed by atoms with Gasteiger partial charge in [0.2, 0.25) is 0 Å². The summed E-state index contributed by atoms with van der Waals surface area (Å²) in [6.45, 7) is 0. The van der Waals surface area contributed by atoms with E-state index >= 15 is 0 Å². The van der Waals surface area contributed by atoms with Crippen LogP contribution in [0.5, 0.6) is 0 Å². The Morgan fingerprint density at radius 1 is 0.509 bits per heavy atom. The summed E-state index contributed by atoms with van der Waals surface area (Å²) in [5.41, 5.74) is 11.3. The summed E-state index contributed by atoms with van der Waals surface area (Å²) in [6, 6.07) is 71.3. The third-order valence-corrected chi connectivity index (χ3v) is 17.0. The van der Waals surface area contributed by atoms with Gasteiger partial charge in [-0.3, -0.25) is 4.57 Å². The van der Waals surface area contributed by atoms with Crippen molar-refractivity contribution in [1.82, 2.24) is 9.55 Å². The number of fused-ring (bicyclic) bond motifs is 8. The predicted octanol–water partition coefficient (Wildman–Crippen LogP) is 10.2. The number of rotatable bonds is 6. The van der Waals surface area contributed by atoms with Gasteiger partial charge in [0.1, 0.15) is 11.2 Å². The molecule has 260 valence electrons. The van der Waals surface area contributed by atoms with Crippen molar-refractivity contribution >= 4 is 73.6 Å². The Morgan fingerprint density at radius 3 is 1.93 bits per heavy atom. The van der Waals surface area contributed by atoms with Crippen LogP contribution in [0.3, 0.4) is 0 Å². The van der Waals surface area contributed by atoms with E-state index in [2.05, 4.69) is 193 Å². The molecular weight excluding hydrogens is 705 g/mol. The normalized spacial score (nSPS) is 12.6. The number of para-hydroxylation sites is 3. The second-order valence-corrected chi connectivity index (χ2v) is 19.0. The maximum absolute atomic E-state index is 6.35. The summed E-state index contributed by atoms with van der Waals surface area (Å²) in [5, 5.41) is 8.72. The highest BCUT2D eigenvalue weighted by molar-refractivity contribution is 7.98. The lowest BCUT2D eigenvalue weighted by Gasteiger charge is -2.35. The van der Waals surface area contributed by atoms with Crippen molar-refractivity contribution in [3.63, 3.8) is 0 Å². The minimum Gasteiger partial charge on any atom is -0.456 e. The van der Waals surface area contributed by atoms with Gasteiger partial charge in [0.05, 0.1) is 16.7 Å². The van der Waals surface area contributed by atoms with Crippen molar-refractivity contribution in [1.29, 1.82) is 0 Å². The molecule has 0 amide bonds. The van der Waals surface area contributed by atoms with Crippen LogP contribution in [0.15, 0.2) is 204 Å². The first-order valence-corrected chi connectivity index (χ1v) is 21.7. The van der Waals surface area contributed by atoms with E-state index in [4.69, 9.17) is 9.40 Å². The molecule has 0 saturated carbocycles. The molecule has 1 aliphatic heterocycles. The van der Waals surface area contributed by atoms with Crippen molar-refractivity contribution in [2.45, 2.75) is 10.9 Å². The molecule has 55 heavy (non-hydrogen) atoms. The molecule has 11 rings (SSSR count). The first-order chi connectivity index (χ1) is 27.3. The van der Waals surface area contributed by atoms with E-state index in [0.29, 0.717) is 0 Å². The van der Waals surface area contributed by atoms with Crippen LogP contribution in [0.1, 0.15) is 5.56 Å². The van der Waals surface area contributed by atoms with Gasteiger partial charge in [0.15, 0.2) is 13.2 Å². The van der Waals surface area contributed by atoms with Crippen molar-refractivity contribution in [3.8, 4) is 27.9 Å². The van der Waals surface area contributed by atoms with Crippen LogP contribution >= 0.6 is 11.8 Å². The fourth-order valence-electron chi connectivity index (χ4n) is 8.79. The third kappa shape index (κ3) is 5.08. The summed E-state index contributed by atoms with van der Waals surface area (Å²) in [5.74, 6) is 0.912. The van der Waals surface area contributed by atoms with E-state index in [9.17, 15) is 0 Å². The van der Waals surface area contributed by atoms with Gasteiger partial charge < -0.3 is 4.42 Å². The van der Waals surface area contributed by atoms with Gasteiger partial charge in [-0.25, -0.2) is 4.98 Å². The Balaban J connectivity index is 1.14. The van der Waals surface area contributed by atoms with Gasteiger partial charge in [-0.15, -0.1) is 0 Å². The van der Waals surface area contributed by atoms with E-state index in [1.807, 2.05) is 17.8 Å². The van der Waals surface area contributed by atoms with Crippen LogP contribution in [0, 0.1) is 0 Å². The summed E-state index contributed by atoms with van der Waals surface area (Å²) < 4.78 is 8.69. The molecule has 0 radical (unpaired) electrons. The van der Waals surface area contributed by atoms with Crippen molar-refractivity contribution in [2.75, 3.05) is 0 Å². The molecule has 0 spiro atoms. The molecule has 10 aromatic rings. The molecule has 3 heterocycles. The molecule has 5 heteroatoms. The largest absolute Gasteiger partial charge is 0.456 e. The average Bonchev–Trinajstić information content (AvgIpc) is 3.84. The van der Waals surface area contributed by atoms with Gasteiger partial charge in [0, 0.05) is 16.5 Å². The summed E-state index contributed by atoms with van der Waals surface area (Å²) in [6.07, 6.45) is 0. The molecule has 0 saturated heterocycles. The summed E-state index contributed by atoms with van der Waals surface area (Å²) in [4.78, 5) is 4.99. The topological polar surface area (TPSA) is 31.0 Å². The van der Waals surface area contributed by atoms with Crippen LogP contribution in [0.4, 0.5) is 0 Å². The smallest absolute Gasteiger partial charge is 0.179 e. The van der Waals surface area contributed by atoms with Crippen molar-refractivity contribution in [2.24, 2.45) is 0 Å². The van der Waals surface area contributed by atoms with E-state index < -0.39 is 8.07 Å².